The van der Waals surface area contributed by atoms with E-state index < -0.39 is 6.04 Å². The summed E-state index contributed by atoms with van der Waals surface area (Å²) in [4.78, 5) is 43.1. The second-order valence-electron chi connectivity index (χ2n) is 6.30. The van der Waals surface area contributed by atoms with E-state index in [0.29, 0.717) is 28.3 Å². The van der Waals surface area contributed by atoms with Crippen LogP contribution in [0.15, 0.2) is 42.7 Å². The first-order valence-corrected chi connectivity index (χ1v) is 8.53. The summed E-state index contributed by atoms with van der Waals surface area (Å²) in [6, 6.07) is 7.18. The van der Waals surface area contributed by atoms with Gasteiger partial charge in [0.15, 0.2) is 0 Å². The van der Waals surface area contributed by atoms with Gasteiger partial charge in [-0.15, -0.1) is 0 Å². The summed E-state index contributed by atoms with van der Waals surface area (Å²) in [5.74, 6) is -0.809. The van der Waals surface area contributed by atoms with E-state index in [9.17, 15) is 14.4 Å². The molecule has 1 aromatic heterocycles. The largest absolute Gasteiger partial charge is 0.347 e. The minimum atomic E-state index is -0.632. The first-order valence-electron chi connectivity index (χ1n) is 8.15. The number of amides is 3. The first kappa shape index (κ1) is 16.5. The van der Waals surface area contributed by atoms with Crippen molar-refractivity contribution in [3.05, 3.63) is 58.9 Å². The lowest BCUT2D eigenvalue weighted by molar-refractivity contribution is -0.119. The number of nitrogens with zero attached hydrogens (tertiary/aromatic N) is 2. The maximum absolute atomic E-state index is 12.8. The van der Waals surface area contributed by atoms with E-state index in [4.69, 9.17) is 11.6 Å². The maximum Gasteiger partial charge on any atom is 0.256 e. The van der Waals surface area contributed by atoms with E-state index in [1.54, 1.807) is 36.5 Å². The Hall–Kier alpha value is -2.93. The number of pyridine rings is 1. The van der Waals surface area contributed by atoms with E-state index in [-0.39, 0.29) is 30.3 Å². The molecule has 1 fully saturated rings. The molecule has 2 N–H and O–H groups in total. The van der Waals surface area contributed by atoms with Crippen LogP contribution in [0.4, 0.5) is 5.69 Å². The standard InChI is InChI=1S/C18H15ClN4O3/c19-11-3-4-13-14(6-11)22-17(25)15-7-12(9-23(15)18(13)26)21-16(24)10-2-1-5-20-8-10/h1-6,8,12,15H,7,9H2,(H,21,24)(H,22,25). The van der Waals surface area contributed by atoms with E-state index in [0.717, 1.165) is 0 Å². The fraction of sp³-hybridized carbons (Fsp3) is 0.222. The Morgan fingerprint density at radius 2 is 2.15 bits per heavy atom. The Bertz CT molecular complexity index is 903. The van der Waals surface area contributed by atoms with Crippen molar-refractivity contribution in [3.63, 3.8) is 0 Å². The average Bonchev–Trinajstić information content (AvgIpc) is 3.02. The SMILES string of the molecule is O=C(NC1CC2C(=O)Nc3cc(Cl)ccc3C(=O)N2C1)c1cccnc1. The molecule has 0 radical (unpaired) electrons. The molecule has 2 aliphatic rings. The molecule has 3 amide bonds. The van der Waals surface area contributed by atoms with Crippen molar-refractivity contribution in [2.75, 3.05) is 11.9 Å². The maximum atomic E-state index is 12.8. The van der Waals surface area contributed by atoms with Crippen molar-refractivity contribution in [1.29, 1.82) is 0 Å². The topological polar surface area (TPSA) is 91.4 Å². The summed E-state index contributed by atoms with van der Waals surface area (Å²) in [5, 5.41) is 6.08. The molecule has 8 heteroatoms. The van der Waals surface area contributed by atoms with Gasteiger partial charge in [-0.2, -0.15) is 0 Å². The van der Waals surface area contributed by atoms with Crippen LogP contribution in [-0.2, 0) is 4.79 Å². The monoisotopic (exact) mass is 370 g/mol. The molecule has 2 atom stereocenters. The number of benzene rings is 1. The number of carbonyl (C=O) groups excluding carboxylic acids is 3. The van der Waals surface area contributed by atoms with Crippen molar-refractivity contribution in [2.24, 2.45) is 0 Å². The van der Waals surface area contributed by atoms with Crippen LogP contribution in [0.25, 0.3) is 0 Å². The third kappa shape index (κ3) is 2.90. The molecule has 3 heterocycles. The van der Waals surface area contributed by atoms with Crippen molar-refractivity contribution >= 4 is 35.0 Å². The van der Waals surface area contributed by atoms with Crippen LogP contribution in [0.1, 0.15) is 27.1 Å². The van der Waals surface area contributed by atoms with E-state index in [2.05, 4.69) is 15.6 Å². The second kappa shape index (κ2) is 6.42. The molecule has 0 bridgehead atoms. The van der Waals surface area contributed by atoms with Gasteiger partial charge in [-0.25, -0.2) is 0 Å². The summed E-state index contributed by atoms with van der Waals surface area (Å²) < 4.78 is 0. The predicted octanol–water partition coefficient (Wildman–Crippen LogP) is 1.70. The quantitative estimate of drug-likeness (QED) is 0.841. The smallest absolute Gasteiger partial charge is 0.256 e. The highest BCUT2D eigenvalue weighted by Gasteiger charge is 2.43. The zero-order valence-corrected chi connectivity index (χ0v) is 14.4. The van der Waals surface area contributed by atoms with Gasteiger partial charge in [0.1, 0.15) is 6.04 Å². The van der Waals surface area contributed by atoms with E-state index >= 15 is 0 Å². The molecule has 0 aliphatic carbocycles. The van der Waals surface area contributed by atoms with Crippen molar-refractivity contribution in [2.45, 2.75) is 18.5 Å². The molecule has 2 unspecified atom stereocenters. The number of aromatic nitrogens is 1. The molecule has 4 rings (SSSR count). The van der Waals surface area contributed by atoms with Gasteiger partial charge in [0.2, 0.25) is 5.91 Å². The van der Waals surface area contributed by atoms with Gasteiger partial charge in [-0.3, -0.25) is 19.4 Å². The molecule has 132 valence electrons. The molecule has 7 nitrogen and oxygen atoms in total. The predicted molar refractivity (Wildman–Crippen MR) is 95.0 cm³/mol. The second-order valence-corrected chi connectivity index (χ2v) is 6.74. The molecule has 1 aromatic carbocycles. The average molecular weight is 371 g/mol. The Labute approximate surface area is 154 Å². The van der Waals surface area contributed by atoms with Crippen LogP contribution in [0.2, 0.25) is 5.02 Å². The van der Waals surface area contributed by atoms with Crippen LogP contribution in [0, 0.1) is 0 Å². The highest BCUT2D eigenvalue weighted by Crippen LogP contribution is 2.30. The normalized spacial score (nSPS) is 21.5. The number of carbonyl (C=O) groups is 3. The molecule has 2 aliphatic heterocycles. The van der Waals surface area contributed by atoms with E-state index in [1.807, 2.05) is 0 Å². The fourth-order valence-electron chi connectivity index (χ4n) is 3.36. The number of anilines is 1. The van der Waals surface area contributed by atoms with Gasteiger partial charge in [-0.1, -0.05) is 11.6 Å². The molecular formula is C18H15ClN4O3. The van der Waals surface area contributed by atoms with Gasteiger partial charge >= 0.3 is 0 Å². The lowest BCUT2D eigenvalue weighted by atomic mass is 10.1. The minimum absolute atomic E-state index is 0.252. The minimum Gasteiger partial charge on any atom is -0.347 e. The summed E-state index contributed by atoms with van der Waals surface area (Å²) in [6.45, 7) is 0.269. The van der Waals surface area contributed by atoms with Crippen LogP contribution >= 0.6 is 11.6 Å². The highest BCUT2D eigenvalue weighted by atomic mass is 35.5. The summed E-state index contributed by atoms with van der Waals surface area (Å²) in [6.07, 6.45) is 3.41. The zero-order valence-electron chi connectivity index (χ0n) is 13.6. The van der Waals surface area contributed by atoms with Crippen LogP contribution in [0.3, 0.4) is 0 Å². The third-order valence-electron chi connectivity index (χ3n) is 4.59. The summed E-state index contributed by atoms with van der Waals surface area (Å²) in [7, 11) is 0. The lowest BCUT2D eigenvalue weighted by Gasteiger charge is -2.20. The first-order chi connectivity index (χ1) is 12.5. The number of hydrogen-bond donors (Lipinski definition) is 2. The number of fused-ring (bicyclic) bond motifs is 2. The number of rotatable bonds is 2. The summed E-state index contributed by atoms with van der Waals surface area (Å²) in [5.41, 5.74) is 1.24. The van der Waals surface area contributed by atoms with Crippen molar-refractivity contribution in [1.82, 2.24) is 15.2 Å². The van der Waals surface area contributed by atoms with Crippen LogP contribution in [0.5, 0.6) is 0 Å². The molecule has 2 aromatic rings. The number of halogens is 1. The van der Waals surface area contributed by atoms with Gasteiger partial charge in [0.25, 0.3) is 11.8 Å². The van der Waals surface area contributed by atoms with Crippen molar-refractivity contribution in [3.8, 4) is 0 Å². The molecule has 0 spiro atoms. The molecule has 1 saturated heterocycles. The molecule has 0 saturated carbocycles. The van der Waals surface area contributed by atoms with Crippen LogP contribution in [-0.4, -0.2) is 46.2 Å². The fourth-order valence-corrected chi connectivity index (χ4v) is 3.53. The Morgan fingerprint density at radius 3 is 2.92 bits per heavy atom. The van der Waals surface area contributed by atoms with Crippen molar-refractivity contribution < 1.29 is 14.4 Å². The van der Waals surface area contributed by atoms with Gasteiger partial charge in [0, 0.05) is 30.0 Å². The van der Waals surface area contributed by atoms with Gasteiger partial charge in [0.05, 0.1) is 16.8 Å². The van der Waals surface area contributed by atoms with Gasteiger partial charge < -0.3 is 15.5 Å². The zero-order chi connectivity index (χ0) is 18.3. The lowest BCUT2D eigenvalue weighted by Crippen LogP contribution is -2.41. The number of nitrogens with one attached hydrogen (secondary N) is 2. The van der Waals surface area contributed by atoms with Crippen LogP contribution < -0.4 is 10.6 Å². The Kier molecular flexibility index (Phi) is 4.08. The molecule has 26 heavy (non-hydrogen) atoms. The Morgan fingerprint density at radius 1 is 1.31 bits per heavy atom. The van der Waals surface area contributed by atoms with E-state index in [1.165, 1.54) is 11.1 Å². The molecular weight excluding hydrogens is 356 g/mol. The third-order valence-corrected chi connectivity index (χ3v) is 4.83. The summed E-state index contributed by atoms with van der Waals surface area (Å²) >= 11 is 5.96. The highest BCUT2D eigenvalue weighted by molar-refractivity contribution is 6.31. The Balaban J connectivity index is 1.55. The number of hydrogen-bond acceptors (Lipinski definition) is 4. The van der Waals surface area contributed by atoms with Gasteiger partial charge in [-0.05, 0) is 36.8 Å².